The van der Waals surface area contributed by atoms with E-state index in [0.717, 1.165) is 0 Å². The van der Waals surface area contributed by atoms with Crippen LogP contribution in [0.4, 0.5) is 0 Å². The molecule has 0 aliphatic carbocycles. The number of rotatable bonds is 5. The van der Waals surface area contributed by atoms with E-state index in [1.165, 1.54) is 12.3 Å². The summed E-state index contributed by atoms with van der Waals surface area (Å²) in [5.41, 5.74) is -0.513. The van der Waals surface area contributed by atoms with Gasteiger partial charge in [-0.1, -0.05) is 12.1 Å². The number of aliphatic hydroxyl groups is 1. The molecule has 0 aliphatic rings. The molecule has 0 fully saturated rings. The molecule has 1 amide bonds. The predicted octanol–water partition coefficient (Wildman–Crippen LogP) is 1.83. The number of aromatic nitrogens is 1. The van der Waals surface area contributed by atoms with Crippen molar-refractivity contribution in [3.05, 3.63) is 30.2 Å². The highest BCUT2D eigenvalue weighted by Gasteiger charge is 2.25. The van der Waals surface area contributed by atoms with Gasteiger partial charge in [0.1, 0.15) is 0 Å². The quantitative estimate of drug-likeness (QED) is 0.860. The highest BCUT2D eigenvalue weighted by Crippen LogP contribution is 2.20. The van der Waals surface area contributed by atoms with E-state index in [2.05, 4.69) is 10.5 Å². The summed E-state index contributed by atoms with van der Waals surface area (Å²) in [6.07, 6.45) is 2.12. The fourth-order valence-corrected chi connectivity index (χ4v) is 1.49. The van der Waals surface area contributed by atoms with Crippen LogP contribution in [0.25, 0.3) is 11.5 Å². The lowest BCUT2D eigenvalue weighted by Crippen LogP contribution is -2.48. The van der Waals surface area contributed by atoms with Crippen LogP contribution in [0, 0.1) is 0 Å². The van der Waals surface area contributed by atoms with Crippen molar-refractivity contribution in [1.82, 2.24) is 10.5 Å². The monoisotopic (exact) mass is 264 g/mol. The molecule has 2 heterocycles. The Balaban J connectivity index is 2.13. The summed E-state index contributed by atoms with van der Waals surface area (Å²) >= 11 is 0. The Hall–Kier alpha value is -2.08. The molecule has 0 aliphatic heterocycles. The molecular weight excluding hydrogens is 248 g/mol. The molecule has 6 heteroatoms. The van der Waals surface area contributed by atoms with Crippen molar-refractivity contribution in [3.63, 3.8) is 0 Å². The molecule has 6 nitrogen and oxygen atoms in total. The van der Waals surface area contributed by atoms with Gasteiger partial charge in [0.05, 0.1) is 18.4 Å². The van der Waals surface area contributed by atoms with Crippen LogP contribution in [-0.2, 0) is 0 Å². The maximum absolute atomic E-state index is 12.0. The number of aliphatic hydroxyl groups excluding tert-OH is 1. The zero-order chi connectivity index (χ0) is 13.9. The molecule has 19 heavy (non-hydrogen) atoms. The van der Waals surface area contributed by atoms with Crippen molar-refractivity contribution < 1.29 is 18.8 Å². The van der Waals surface area contributed by atoms with E-state index in [0.29, 0.717) is 17.9 Å². The normalized spacial score (nSPS) is 14.1. The van der Waals surface area contributed by atoms with Gasteiger partial charge in [-0.05, 0) is 25.5 Å². The van der Waals surface area contributed by atoms with Crippen molar-refractivity contribution in [2.24, 2.45) is 0 Å². The van der Waals surface area contributed by atoms with Crippen molar-refractivity contribution in [3.8, 4) is 11.5 Å². The third kappa shape index (κ3) is 2.85. The smallest absolute Gasteiger partial charge is 0.273 e. The zero-order valence-electron chi connectivity index (χ0n) is 10.8. The van der Waals surface area contributed by atoms with E-state index < -0.39 is 5.54 Å². The molecule has 2 aromatic rings. The predicted molar refractivity (Wildman–Crippen MR) is 67.5 cm³/mol. The first-order chi connectivity index (χ1) is 9.08. The minimum absolute atomic E-state index is 0.141. The molecule has 1 unspecified atom stereocenters. The first-order valence-electron chi connectivity index (χ1n) is 6.02. The number of amides is 1. The van der Waals surface area contributed by atoms with E-state index in [1.807, 2.05) is 6.92 Å². The van der Waals surface area contributed by atoms with Gasteiger partial charge >= 0.3 is 0 Å². The average Bonchev–Trinajstić information content (AvgIpc) is 3.08. The van der Waals surface area contributed by atoms with E-state index in [-0.39, 0.29) is 18.2 Å². The number of hydrogen-bond donors (Lipinski definition) is 2. The minimum atomic E-state index is -0.666. The number of carbonyl (C=O) groups is 1. The lowest BCUT2D eigenvalue weighted by molar-refractivity contribution is 0.0838. The molecule has 0 spiro atoms. The summed E-state index contributed by atoms with van der Waals surface area (Å²) in [5, 5.41) is 15.7. The summed E-state index contributed by atoms with van der Waals surface area (Å²) < 4.78 is 10.2. The van der Waals surface area contributed by atoms with Crippen LogP contribution in [-0.4, -0.2) is 28.3 Å². The molecule has 0 bridgehead atoms. The molecule has 2 N–H and O–H groups in total. The molecule has 0 saturated carbocycles. The summed E-state index contributed by atoms with van der Waals surface area (Å²) in [5.74, 6) is 0.504. The van der Waals surface area contributed by atoms with E-state index >= 15 is 0 Å². The molecule has 2 aromatic heterocycles. The van der Waals surface area contributed by atoms with E-state index in [4.69, 9.17) is 8.94 Å². The summed E-state index contributed by atoms with van der Waals surface area (Å²) in [7, 11) is 0. The lowest BCUT2D eigenvalue weighted by Gasteiger charge is -2.26. The first-order valence-corrected chi connectivity index (χ1v) is 6.02. The van der Waals surface area contributed by atoms with Gasteiger partial charge in [-0.25, -0.2) is 0 Å². The van der Waals surface area contributed by atoms with Crippen LogP contribution in [0.5, 0.6) is 0 Å². The molecule has 102 valence electrons. The summed E-state index contributed by atoms with van der Waals surface area (Å²) in [6, 6.07) is 4.94. The van der Waals surface area contributed by atoms with Crippen LogP contribution in [0.2, 0.25) is 0 Å². The second kappa shape index (κ2) is 5.27. The van der Waals surface area contributed by atoms with E-state index in [1.54, 1.807) is 19.1 Å². The average molecular weight is 264 g/mol. The molecule has 0 saturated heterocycles. The Kier molecular flexibility index (Phi) is 3.71. The van der Waals surface area contributed by atoms with Gasteiger partial charge in [-0.15, -0.1) is 0 Å². The Bertz CT molecular complexity index is 541. The third-order valence-corrected chi connectivity index (χ3v) is 3.05. The van der Waals surface area contributed by atoms with Crippen molar-refractivity contribution >= 4 is 5.91 Å². The molecule has 1 atom stereocenters. The maximum Gasteiger partial charge on any atom is 0.273 e. The third-order valence-electron chi connectivity index (χ3n) is 3.05. The molecule has 0 aromatic carbocycles. The number of nitrogens with one attached hydrogen (secondary N) is 1. The van der Waals surface area contributed by atoms with Gasteiger partial charge in [-0.2, -0.15) is 0 Å². The second-order valence-corrected chi connectivity index (χ2v) is 4.58. The van der Waals surface area contributed by atoms with Crippen LogP contribution in [0.3, 0.4) is 0 Å². The zero-order valence-corrected chi connectivity index (χ0v) is 10.8. The topological polar surface area (TPSA) is 88.5 Å². The van der Waals surface area contributed by atoms with Gasteiger partial charge in [0.25, 0.3) is 5.91 Å². The highest BCUT2D eigenvalue weighted by molar-refractivity contribution is 5.93. The van der Waals surface area contributed by atoms with Gasteiger partial charge in [0.15, 0.2) is 11.5 Å². The summed E-state index contributed by atoms with van der Waals surface area (Å²) in [4.78, 5) is 12.0. The number of furan rings is 1. The number of hydrogen-bond acceptors (Lipinski definition) is 5. The van der Waals surface area contributed by atoms with Crippen LogP contribution < -0.4 is 5.32 Å². The largest absolute Gasteiger partial charge is 0.461 e. The molecule has 2 rings (SSSR count). The van der Waals surface area contributed by atoms with Crippen molar-refractivity contribution in [1.29, 1.82) is 0 Å². The standard InChI is InChI=1S/C13H16N2O4/c1-3-13(2,8-16)14-12(17)9-7-11(19-15-9)10-5-4-6-18-10/h4-7,16H,3,8H2,1-2H3,(H,14,17). The SMILES string of the molecule is CCC(C)(CO)NC(=O)c1cc(-c2ccco2)on1. The van der Waals surface area contributed by atoms with Gasteiger partial charge in [-0.3, -0.25) is 4.79 Å². The lowest BCUT2D eigenvalue weighted by atomic mass is 10.00. The van der Waals surface area contributed by atoms with Crippen molar-refractivity contribution in [2.75, 3.05) is 6.61 Å². The van der Waals surface area contributed by atoms with Crippen LogP contribution >= 0.6 is 0 Å². The molecule has 0 radical (unpaired) electrons. The Labute approximate surface area is 110 Å². The fourth-order valence-electron chi connectivity index (χ4n) is 1.49. The fraction of sp³-hybridized carbons (Fsp3) is 0.385. The minimum Gasteiger partial charge on any atom is -0.461 e. The van der Waals surface area contributed by atoms with Crippen LogP contribution in [0.1, 0.15) is 30.8 Å². The highest BCUT2D eigenvalue weighted by atomic mass is 16.5. The Morgan fingerprint density at radius 2 is 2.32 bits per heavy atom. The van der Waals surface area contributed by atoms with Gasteiger partial charge in [0, 0.05) is 6.07 Å². The summed E-state index contributed by atoms with van der Waals surface area (Å²) in [6.45, 7) is 3.50. The van der Waals surface area contributed by atoms with E-state index in [9.17, 15) is 9.90 Å². The van der Waals surface area contributed by atoms with Crippen LogP contribution in [0.15, 0.2) is 33.4 Å². The maximum atomic E-state index is 12.0. The number of nitrogens with zero attached hydrogens (tertiary/aromatic N) is 1. The first kappa shape index (κ1) is 13.4. The second-order valence-electron chi connectivity index (χ2n) is 4.58. The van der Waals surface area contributed by atoms with Gasteiger partial charge < -0.3 is 19.4 Å². The molecular formula is C13H16N2O4. The Morgan fingerprint density at radius 1 is 1.53 bits per heavy atom. The number of carbonyl (C=O) groups excluding carboxylic acids is 1. The Morgan fingerprint density at radius 3 is 2.89 bits per heavy atom. The van der Waals surface area contributed by atoms with Gasteiger partial charge in [0.2, 0.25) is 5.76 Å². The van der Waals surface area contributed by atoms with Crippen molar-refractivity contribution in [2.45, 2.75) is 25.8 Å².